The summed E-state index contributed by atoms with van der Waals surface area (Å²) < 4.78 is 15.1. The molecule has 1 aromatic heterocycles. The molecular formula is C14H16FN3O2S. The average molecular weight is 309 g/mol. The molecule has 2 N–H and O–H groups in total. The smallest absolute Gasteiger partial charge is 0.230 e. The number of halogens is 1. The van der Waals surface area contributed by atoms with Crippen molar-refractivity contribution in [2.75, 3.05) is 5.75 Å². The lowest BCUT2D eigenvalue weighted by Crippen LogP contribution is -2.25. The summed E-state index contributed by atoms with van der Waals surface area (Å²) in [4.78, 5) is 15.9. The molecule has 2 rings (SSSR count). The Hall–Kier alpha value is -1.86. The molecule has 0 atom stereocenters. The van der Waals surface area contributed by atoms with Crippen molar-refractivity contribution in [1.29, 1.82) is 0 Å². The fourth-order valence-corrected chi connectivity index (χ4v) is 2.52. The molecule has 0 spiro atoms. The predicted molar refractivity (Wildman–Crippen MR) is 78.1 cm³/mol. The second kappa shape index (κ2) is 7.24. The van der Waals surface area contributed by atoms with Crippen LogP contribution in [0, 0.1) is 5.82 Å². The predicted octanol–water partition coefficient (Wildman–Crippen LogP) is 1.46. The first-order chi connectivity index (χ1) is 10.1. The zero-order chi connectivity index (χ0) is 15.2. The summed E-state index contributed by atoms with van der Waals surface area (Å²) >= 11 is 1.27. The molecule has 21 heavy (non-hydrogen) atoms. The van der Waals surface area contributed by atoms with E-state index in [1.807, 2.05) is 0 Å². The second-order valence-corrected chi connectivity index (χ2v) is 5.35. The van der Waals surface area contributed by atoms with Crippen LogP contribution in [0.3, 0.4) is 0 Å². The molecule has 5 nitrogen and oxygen atoms in total. The maximum absolute atomic E-state index is 13.4. The van der Waals surface area contributed by atoms with Crippen LogP contribution in [0.25, 0.3) is 0 Å². The highest BCUT2D eigenvalue weighted by Crippen LogP contribution is 2.17. The number of benzene rings is 1. The summed E-state index contributed by atoms with van der Waals surface area (Å²) in [6.45, 7) is 0.0675. The largest absolute Gasteiger partial charge is 0.390 e. The van der Waals surface area contributed by atoms with E-state index in [9.17, 15) is 9.18 Å². The number of hydrogen-bond donors (Lipinski definition) is 2. The van der Waals surface area contributed by atoms with Gasteiger partial charge >= 0.3 is 0 Å². The van der Waals surface area contributed by atoms with Gasteiger partial charge in [0.25, 0.3) is 0 Å². The van der Waals surface area contributed by atoms with Gasteiger partial charge in [0, 0.05) is 19.2 Å². The van der Waals surface area contributed by atoms with Gasteiger partial charge in [-0.2, -0.15) is 0 Å². The summed E-state index contributed by atoms with van der Waals surface area (Å²) in [7, 11) is 1.78. The van der Waals surface area contributed by atoms with Crippen molar-refractivity contribution in [3.63, 3.8) is 0 Å². The van der Waals surface area contributed by atoms with E-state index in [4.69, 9.17) is 5.11 Å². The fraction of sp³-hybridized carbons (Fsp3) is 0.286. The van der Waals surface area contributed by atoms with Crippen molar-refractivity contribution in [2.45, 2.75) is 18.3 Å². The van der Waals surface area contributed by atoms with E-state index >= 15 is 0 Å². The van der Waals surface area contributed by atoms with E-state index in [1.54, 1.807) is 36.0 Å². The molecule has 0 aliphatic carbocycles. The molecule has 1 aromatic carbocycles. The number of amides is 1. The molecule has 0 bridgehead atoms. The Labute approximate surface area is 126 Å². The van der Waals surface area contributed by atoms with Gasteiger partial charge in [0.05, 0.1) is 24.3 Å². The van der Waals surface area contributed by atoms with Crippen LogP contribution in [0.15, 0.2) is 35.6 Å². The van der Waals surface area contributed by atoms with Crippen LogP contribution < -0.4 is 5.32 Å². The molecule has 0 aliphatic rings. The first-order valence-electron chi connectivity index (χ1n) is 6.36. The number of carbonyl (C=O) groups excluding carboxylic acids is 1. The lowest BCUT2D eigenvalue weighted by molar-refractivity contribution is -0.118. The lowest BCUT2D eigenvalue weighted by atomic mass is 10.2. The molecule has 112 valence electrons. The van der Waals surface area contributed by atoms with Crippen molar-refractivity contribution in [3.8, 4) is 0 Å². The zero-order valence-electron chi connectivity index (χ0n) is 11.5. The Morgan fingerprint density at radius 3 is 2.90 bits per heavy atom. The van der Waals surface area contributed by atoms with Gasteiger partial charge in [-0.05, 0) is 6.07 Å². The summed E-state index contributed by atoms with van der Waals surface area (Å²) in [6.07, 6.45) is 1.57. The normalized spacial score (nSPS) is 10.6. The van der Waals surface area contributed by atoms with E-state index in [0.717, 1.165) is 0 Å². The van der Waals surface area contributed by atoms with Gasteiger partial charge in [0.1, 0.15) is 5.82 Å². The van der Waals surface area contributed by atoms with Crippen molar-refractivity contribution in [2.24, 2.45) is 7.05 Å². The van der Waals surface area contributed by atoms with Crippen LogP contribution >= 0.6 is 11.8 Å². The van der Waals surface area contributed by atoms with Crippen LogP contribution in [0.4, 0.5) is 4.39 Å². The van der Waals surface area contributed by atoms with E-state index in [0.29, 0.717) is 16.4 Å². The SMILES string of the molecule is Cn1c(CO)cnc1SCC(=O)NCc1ccccc1F. The quantitative estimate of drug-likeness (QED) is 0.793. The number of carbonyl (C=O) groups is 1. The highest BCUT2D eigenvalue weighted by molar-refractivity contribution is 7.99. The minimum atomic E-state index is -0.331. The molecule has 0 saturated heterocycles. The van der Waals surface area contributed by atoms with E-state index in [-0.39, 0.29) is 30.6 Å². The molecule has 1 amide bonds. The number of hydrogen-bond acceptors (Lipinski definition) is 4. The maximum Gasteiger partial charge on any atom is 0.230 e. The van der Waals surface area contributed by atoms with Gasteiger partial charge in [0.2, 0.25) is 5.91 Å². The third-order valence-electron chi connectivity index (χ3n) is 2.97. The standard InChI is InChI=1S/C14H16FN3O2S/c1-18-11(8-19)7-17-14(18)21-9-13(20)16-6-10-4-2-3-5-12(10)15/h2-5,7,19H,6,8-9H2,1H3,(H,16,20). The Bertz CT molecular complexity index is 630. The van der Waals surface area contributed by atoms with Crippen molar-refractivity contribution >= 4 is 17.7 Å². The molecular weight excluding hydrogens is 293 g/mol. The number of imidazole rings is 1. The molecule has 7 heteroatoms. The van der Waals surface area contributed by atoms with E-state index < -0.39 is 0 Å². The Morgan fingerprint density at radius 1 is 1.48 bits per heavy atom. The van der Waals surface area contributed by atoms with Crippen molar-refractivity contribution in [1.82, 2.24) is 14.9 Å². The van der Waals surface area contributed by atoms with Crippen LogP contribution in [-0.2, 0) is 25.0 Å². The minimum absolute atomic E-state index is 0.0937. The lowest BCUT2D eigenvalue weighted by Gasteiger charge is -2.06. The zero-order valence-corrected chi connectivity index (χ0v) is 12.4. The Balaban J connectivity index is 1.82. The van der Waals surface area contributed by atoms with Gasteiger partial charge < -0.3 is 15.0 Å². The van der Waals surface area contributed by atoms with Crippen LogP contribution in [0.5, 0.6) is 0 Å². The Morgan fingerprint density at radius 2 is 2.24 bits per heavy atom. The van der Waals surface area contributed by atoms with Crippen molar-refractivity contribution in [3.05, 3.63) is 47.5 Å². The van der Waals surface area contributed by atoms with Crippen LogP contribution in [-0.4, -0.2) is 26.3 Å². The van der Waals surface area contributed by atoms with Gasteiger partial charge in [-0.1, -0.05) is 30.0 Å². The molecule has 2 aromatic rings. The van der Waals surface area contributed by atoms with Crippen LogP contribution in [0.1, 0.15) is 11.3 Å². The topological polar surface area (TPSA) is 67.1 Å². The number of nitrogens with one attached hydrogen (secondary N) is 1. The summed E-state index contributed by atoms with van der Waals surface area (Å²) in [5, 5.41) is 12.4. The van der Waals surface area contributed by atoms with E-state index in [1.165, 1.54) is 17.8 Å². The Kier molecular flexibility index (Phi) is 5.35. The van der Waals surface area contributed by atoms with Gasteiger partial charge in [0.15, 0.2) is 5.16 Å². The molecule has 0 aliphatic heterocycles. The third kappa shape index (κ3) is 4.05. The highest BCUT2D eigenvalue weighted by Gasteiger charge is 2.09. The molecule has 0 saturated carbocycles. The average Bonchev–Trinajstić information content (AvgIpc) is 2.84. The summed E-state index contributed by atoms with van der Waals surface area (Å²) in [5.41, 5.74) is 1.14. The molecule has 0 radical (unpaired) electrons. The number of aliphatic hydroxyl groups excluding tert-OH is 1. The number of aromatic nitrogens is 2. The maximum atomic E-state index is 13.4. The number of rotatable bonds is 6. The fourth-order valence-electron chi connectivity index (χ4n) is 1.72. The second-order valence-electron chi connectivity index (χ2n) is 4.41. The highest BCUT2D eigenvalue weighted by atomic mass is 32.2. The monoisotopic (exact) mass is 309 g/mol. The first-order valence-corrected chi connectivity index (χ1v) is 7.34. The minimum Gasteiger partial charge on any atom is -0.390 e. The van der Waals surface area contributed by atoms with Gasteiger partial charge in [-0.3, -0.25) is 4.79 Å². The van der Waals surface area contributed by atoms with Gasteiger partial charge in [-0.15, -0.1) is 0 Å². The molecule has 0 fully saturated rings. The summed E-state index contributed by atoms with van der Waals surface area (Å²) in [6, 6.07) is 6.33. The first kappa shape index (κ1) is 15.5. The molecule has 1 heterocycles. The molecule has 0 unspecified atom stereocenters. The summed E-state index contributed by atoms with van der Waals surface area (Å²) in [5.74, 6) is -0.344. The number of nitrogens with zero attached hydrogens (tertiary/aromatic N) is 2. The number of thioether (sulfide) groups is 1. The van der Waals surface area contributed by atoms with Gasteiger partial charge in [-0.25, -0.2) is 9.37 Å². The van der Waals surface area contributed by atoms with Crippen molar-refractivity contribution < 1.29 is 14.3 Å². The van der Waals surface area contributed by atoms with E-state index in [2.05, 4.69) is 10.3 Å². The van der Waals surface area contributed by atoms with Crippen LogP contribution in [0.2, 0.25) is 0 Å². The number of aliphatic hydroxyl groups is 1. The third-order valence-corrected chi connectivity index (χ3v) is 4.01.